The molecule has 1 aliphatic rings. The summed E-state index contributed by atoms with van der Waals surface area (Å²) in [5.74, 6) is 1.76. The summed E-state index contributed by atoms with van der Waals surface area (Å²) in [6.45, 7) is 1.13. The lowest BCUT2D eigenvalue weighted by molar-refractivity contribution is 0.0939. The number of aromatic amines is 1. The maximum atomic E-state index is 12.4. The zero-order chi connectivity index (χ0) is 17.2. The van der Waals surface area contributed by atoms with Crippen molar-refractivity contribution in [3.8, 4) is 11.5 Å². The summed E-state index contributed by atoms with van der Waals surface area (Å²) >= 11 is 0. The number of benzene rings is 2. The van der Waals surface area contributed by atoms with Gasteiger partial charge in [-0.3, -0.25) is 4.79 Å². The standard InChI is InChI=1S/C18H18N4O3/c1-24-14-4-2-12-6-11(10-25-17(12)8-14)9-19-18(23)13-3-5-15-16(7-13)21-22-20-15/h2-5,7-8,11H,6,9-10H2,1H3,(H,19,23)(H,20,21,22). The Bertz CT molecular complexity index is 922. The van der Waals surface area contributed by atoms with E-state index in [9.17, 15) is 4.79 Å². The lowest BCUT2D eigenvalue weighted by Crippen LogP contribution is -2.34. The van der Waals surface area contributed by atoms with Crippen LogP contribution in [0.1, 0.15) is 15.9 Å². The molecule has 1 aliphatic heterocycles. The lowest BCUT2D eigenvalue weighted by Gasteiger charge is -2.25. The summed E-state index contributed by atoms with van der Waals surface area (Å²) < 4.78 is 11.0. The predicted octanol–water partition coefficient (Wildman–Crippen LogP) is 1.95. The van der Waals surface area contributed by atoms with Gasteiger partial charge in [-0.2, -0.15) is 15.4 Å². The Hall–Kier alpha value is -3.09. The van der Waals surface area contributed by atoms with E-state index in [1.54, 1.807) is 25.3 Å². The minimum atomic E-state index is -0.120. The quantitative estimate of drug-likeness (QED) is 0.759. The third kappa shape index (κ3) is 3.13. The van der Waals surface area contributed by atoms with Crippen molar-refractivity contribution in [2.75, 3.05) is 20.3 Å². The molecule has 0 aliphatic carbocycles. The first-order chi connectivity index (χ1) is 12.2. The van der Waals surface area contributed by atoms with Crippen LogP contribution in [0.2, 0.25) is 0 Å². The van der Waals surface area contributed by atoms with Gasteiger partial charge in [0, 0.05) is 24.1 Å². The fraction of sp³-hybridized carbons (Fsp3) is 0.278. The van der Waals surface area contributed by atoms with Crippen molar-refractivity contribution in [3.63, 3.8) is 0 Å². The number of H-pyrrole nitrogens is 1. The molecule has 2 aromatic carbocycles. The number of carbonyl (C=O) groups is 1. The van der Waals surface area contributed by atoms with Crippen molar-refractivity contribution in [1.29, 1.82) is 0 Å². The molecule has 1 aromatic heterocycles. The van der Waals surface area contributed by atoms with Crippen molar-refractivity contribution < 1.29 is 14.3 Å². The first-order valence-electron chi connectivity index (χ1n) is 8.11. The summed E-state index contributed by atoms with van der Waals surface area (Å²) in [5, 5.41) is 13.5. The summed E-state index contributed by atoms with van der Waals surface area (Å²) in [7, 11) is 1.64. The Kier molecular flexibility index (Phi) is 3.97. The highest BCUT2D eigenvalue weighted by molar-refractivity contribution is 5.97. The molecule has 2 N–H and O–H groups in total. The highest BCUT2D eigenvalue weighted by Crippen LogP contribution is 2.30. The molecule has 0 saturated heterocycles. The van der Waals surface area contributed by atoms with Crippen molar-refractivity contribution in [1.82, 2.24) is 20.7 Å². The van der Waals surface area contributed by atoms with Crippen LogP contribution in [0, 0.1) is 5.92 Å². The molecular formula is C18H18N4O3. The highest BCUT2D eigenvalue weighted by atomic mass is 16.5. The van der Waals surface area contributed by atoms with Crippen LogP contribution in [0.15, 0.2) is 36.4 Å². The van der Waals surface area contributed by atoms with Crippen LogP contribution in [0.25, 0.3) is 11.0 Å². The van der Waals surface area contributed by atoms with Gasteiger partial charge < -0.3 is 14.8 Å². The van der Waals surface area contributed by atoms with Gasteiger partial charge in [0.15, 0.2) is 0 Å². The van der Waals surface area contributed by atoms with Gasteiger partial charge in [0.05, 0.1) is 13.7 Å². The van der Waals surface area contributed by atoms with Crippen LogP contribution in [-0.2, 0) is 6.42 Å². The number of methoxy groups -OCH3 is 1. The molecule has 0 spiro atoms. The molecule has 3 aromatic rings. The van der Waals surface area contributed by atoms with E-state index < -0.39 is 0 Å². The zero-order valence-electron chi connectivity index (χ0n) is 13.8. The Morgan fingerprint density at radius 3 is 3.04 bits per heavy atom. The van der Waals surface area contributed by atoms with Gasteiger partial charge in [-0.1, -0.05) is 6.07 Å². The molecule has 7 heteroatoms. The van der Waals surface area contributed by atoms with Gasteiger partial charge >= 0.3 is 0 Å². The van der Waals surface area contributed by atoms with E-state index in [0.717, 1.165) is 29.0 Å². The van der Waals surface area contributed by atoms with Crippen LogP contribution < -0.4 is 14.8 Å². The van der Waals surface area contributed by atoms with E-state index in [1.165, 1.54) is 0 Å². The number of aromatic nitrogens is 3. The number of carbonyl (C=O) groups excluding carboxylic acids is 1. The second-order valence-electron chi connectivity index (χ2n) is 6.09. The summed E-state index contributed by atoms with van der Waals surface area (Å²) in [4.78, 5) is 12.4. The second kappa shape index (κ2) is 6.43. The molecule has 7 nitrogen and oxygen atoms in total. The van der Waals surface area contributed by atoms with Crippen molar-refractivity contribution >= 4 is 16.9 Å². The smallest absolute Gasteiger partial charge is 0.251 e. The average molecular weight is 338 g/mol. The molecule has 0 fully saturated rings. The first kappa shape index (κ1) is 15.4. The summed E-state index contributed by atoms with van der Waals surface area (Å²) in [6, 6.07) is 11.1. The number of nitrogens with one attached hydrogen (secondary N) is 2. The van der Waals surface area contributed by atoms with E-state index in [4.69, 9.17) is 9.47 Å². The van der Waals surface area contributed by atoms with Crippen LogP contribution in [0.3, 0.4) is 0 Å². The van der Waals surface area contributed by atoms with Gasteiger partial charge in [0.2, 0.25) is 0 Å². The Balaban J connectivity index is 1.38. The van der Waals surface area contributed by atoms with Crippen LogP contribution >= 0.6 is 0 Å². The molecule has 128 valence electrons. The van der Waals surface area contributed by atoms with E-state index in [-0.39, 0.29) is 11.8 Å². The van der Waals surface area contributed by atoms with Crippen molar-refractivity contribution in [2.24, 2.45) is 5.92 Å². The monoisotopic (exact) mass is 338 g/mol. The molecule has 0 bridgehead atoms. The number of hydrogen-bond donors (Lipinski definition) is 2. The lowest BCUT2D eigenvalue weighted by atomic mass is 9.96. The van der Waals surface area contributed by atoms with Gasteiger partial charge in [-0.05, 0) is 36.2 Å². The zero-order valence-corrected chi connectivity index (χ0v) is 13.8. The molecule has 4 rings (SSSR count). The molecular weight excluding hydrogens is 320 g/mol. The molecule has 0 saturated carbocycles. The molecule has 1 amide bonds. The highest BCUT2D eigenvalue weighted by Gasteiger charge is 2.21. The van der Waals surface area contributed by atoms with E-state index in [1.807, 2.05) is 18.2 Å². The van der Waals surface area contributed by atoms with E-state index >= 15 is 0 Å². The predicted molar refractivity (Wildman–Crippen MR) is 91.9 cm³/mol. The van der Waals surface area contributed by atoms with E-state index in [0.29, 0.717) is 24.2 Å². The van der Waals surface area contributed by atoms with Crippen LogP contribution in [0.5, 0.6) is 11.5 Å². The van der Waals surface area contributed by atoms with Gasteiger partial charge in [-0.25, -0.2) is 0 Å². The fourth-order valence-corrected chi connectivity index (χ4v) is 2.99. The number of rotatable bonds is 4. The third-order valence-corrected chi connectivity index (χ3v) is 4.39. The topological polar surface area (TPSA) is 89.1 Å². The van der Waals surface area contributed by atoms with Crippen LogP contribution in [0.4, 0.5) is 0 Å². The Labute approximate surface area is 144 Å². The van der Waals surface area contributed by atoms with Crippen LogP contribution in [-0.4, -0.2) is 41.6 Å². The normalized spacial score (nSPS) is 16.1. The van der Waals surface area contributed by atoms with E-state index in [2.05, 4.69) is 20.7 Å². The SMILES string of the molecule is COc1ccc2c(c1)OCC(CNC(=O)c1ccc3n[nH]nc3c1)C2. The largest absolute Gasteiger partial charge is 0.497 e. The Morgan fingerprint density at radius 2 is 2.16 bits per heavy atom. The van der Waals surface area contributed by atoms with Gasteiger partial charge in [0.25, 0.3) is 5.91 Å². The molecule has 1 atom stereocenters. The summed E-state index contributed by atoms with van der Waals surface area (Å²) in [6.07, 6.45) is 0.863. The first-order valence-corrected chi connectivity index (χ1v) is 8.11. The third-order valence-electron chi connectivity index (χ3n) is 4.39. The number of nitrogens with zero attached hydrogens (tertiary/aromatic N) is 2. The van der Waals surface area contributed by atoms with Crippen molar-refractivity contribution in [3.05, 3.63) is 47.5 Å². The maximum absolute atomic E-state index is 12.4. The second-order valence-corrected chi connectivity index (χ2v) is 6.09. The number of fused-ring (bicyclic) bond motifs is 2. The average Bonchev–Trinajstić information content (AvgIpc) is 3.13. The number of ether oxygens (including phenoxy) is 2. The fourth-order valence-electron chi connectivity index (χ4n) is 2.99. The van der Waals surface area contributed by atoms with Gasteiger partial charge in [0.1, 0.15) is 22.5 Å². The minimum Gasteiger partial charge on any atom is -0.497 e. The van der Waals surface area contributed by atoms with Gasteiger partial charge in [-0.15, -0.1) is 0 Å². The molecule has 1 unspecified atom stereocenters. The minimum absolute atomic E-state index is 0.120. The van der Waals surface area contributed by atoms with Crippen molar-refractivity contribution in [2.45, 2.75) is 6.42 Å². The number of hydrogen-bond acceptors (Lipinski definition) is 5. The molecule has 25 heavy (non-hydrogen) atoms. The Morgan fingerprint density at radius 1 is 1.28 bits per heavy atom. The summed E-state index contributed by atoms with van der Waals surface area (Å²) in [5.41, 5.74) is 3.12. The number of amides is 1. The molecule has 2 heterocycles. The maximum Gasteiger partial charge on any atom is 0.251 e. The molecule has 0 radical (unpaired) electrons.